The van der Waals surface area contributed by atoms with Crippen LogP contribution < -0.4 is 0 Å². The molecule has 0 aliphatic carbocycles. The van der Waals surface area contributed by atoms with E-state index < -0.39 is 38.4 Å². The van der Waals surface area contributed by atoms with Crippen molar-refractivity contribution in [3.8, 4) is 0 Å². The molecule has 0 radical (unpaired) electrons. The molecule has 0 bridgehead atoms. The minimum absolute atomic E-state index is 0.124. The van der Waals surface area contributed by atoms with Crippen molar-refractivity contribution in [2.45, 2.75) is 57.1 Å². The number of aromatic nitrogens is 1. The maximum atomic E-state index is 13.6. The van der Waals surface area contributed by atoms with Gasteiger partial charge < -0.3 is 9.64 Å². The van der Waals surface area contributed by atoms with Crippen molar-refractivity contribution in [1.29, 1.82) is 0 Å². The van der Waals surface area contributed by atoms with E-state index in [0.717, 1.165) is 0 Å². The Bertz CT molecular complexity index is 1130. The van der Waals surface area contributed by atoms with Crippen LogP contribution in [0.3, 0.4) is 0 Å². The Kier molecular flexibility index (Phi) is 6.70. The predicted molar refractivity (Wildman–Crippen MR) is 119 cm³/mol. The molecular weight excluding hydrogens is 436 g/mol. The van der Waals surface area contributed by atoms with Crippen molar-refractivity contribution in [3.63, 3.8) is 0 Å². The smallest absolute Gasteiger partial charge is 0.410 e. The molecule has 2 aromatic rings. The van der Waals surface area contributed by atoms with Crippen LogP contribution >= 0.6 is 0 Å². The SMILES string of the molecule is CC1CN(C(=O)OC(C)(C)C)CCCCN1S(=O)(=O)c1ccc2cnccc2c1[N+](=O)[O-]. The van der Waals surface area contributed by atoms with E-state index in [4.69, 9.17) is 4.74 Å². The molecule has 1 atom stereocenters. The number of fused-ring (bicyclic) bond motifs is 1. The molecule has 11 heteroatoms. The van der Waals surface area contributed by atoms with Crippen LogP contribution in [0.2, 0.25) is 0 Å². The van der Waals surface area contributed by atoms with Crippen molar-refractivity contribution in [2.75, 3.05) is 19.6 Å². The molecule has 1 aliphatic heterocycles. The summed E-state index contributed by atoms with van der Waals surface area (Å²) in [7, 11) is -4.21. The molecule has 2 heterocycles. The molecule has 1 aromatic carbocycles. The lowest BCUT2D eigenvalue weighted by atomic mass is 10.1. The van der Waals surface area contributed by atoms with Crippen LogP contribution in [0, 0.1) is 10.1 Å². The number of ether oxygens (including phenoxy) is 1. The van der Waals surface area contributed by atoms with Crippen LogP contribution in [0.5, 0.6) is 0 Å². The van der Waals surface area contributed by atoms with E-state index in [9.17, 15) is 23.3 Å². The number of nitro benzene ring substituents is 1. The number of carbonyl (C=O) groups excluding carboxylic acids is 1. The van der Waals surface area contributed by atoms with Gasteiger partial charge in [-0.15, -0.1) is 0 Å². The van der Waals surface area contributed by atoms with Gasteiger partial charge in [0.15, 0.2) is 4.90 Å². The zero-order valence-corrected chi connectivity index (χ0v) is 19.5. The highest BCUT2D eigenvalue weighted by Crippen LogP contribution is 2.35. The normalized spacial score (nSPS) is 18.8. The van der Waals surface area contributed by atoms with Gasteiger partial charge >= 0.3 is 6.09 Å². The van der Waals surface area contributed by atoms with Crippen molar-refractivity contribution >= 4 is 32.6 Å². The van der Waals surface area contributed by atoms with Gasteiger partial charge in [0, 0.05) is 43.5 Å². The average Bonchev–Trinajstić information content (AvgIpc) is 2.68. The first-order chi connectivity index (χ1) is 14.9. The first kappa shape index (κ1) is 23.9. The van der Waals surface area contributed by atoms with E-state index in [-0.39, 0.29) is 23.4 Å². The molecule has 1 saturated heterocycles. The third-order valence-corrected chi connectivity index (χ3v) is 7.25. The highest BCUT2D eigenvalue weighted by Gasteiger charge is 2.37. The Labute approximate surface area is 187 Å². The molecule has 1 aromatic heterocycles. The Balaban J connectivity index is 1.98. The second kappa shape index (κ2) is 8.99. The molecule has 10 nitrogen and oxygen atoms in total. The number of carbonyl (C=O) groups is 1. The Hall–Kier alpha value is -2.79. The lowest BCUT2D eigenvalue weighted by Crippen LogP contribution is -2.50. The Morgan fingerprint density at radius 1 is 1.22 bits per heavy atom. The first-order valence-corrected chi connectivity index (χ1v) is 11.9. The van der Waals surface area contributed by atoms with Crippen molar-refractivity contribution in [3.05, 3.63) is 40.7 Å². The second-order valence-electron chi connectivity index (χ2n) is 8.86. The first-order valence-electron chi connectivity index (χ1n) is 10.4. The molecule has 1 aliphatic rings. The quantitative estimate of drug-likeness (QED) is 0.503. The molecule has 0 N–H and O–H groups in total. The van der Waals surface area contributed by atoms with Crippen LogP contribution in [0.4, 0.5) is 10.5 Å². The fraction of sp³-hybridized carbons (Fsp3) is 0.524. The average molecular weight is 465 g/mol. The standard InChI is InChI=1S/C21H28N4O6S/c1-15-14-23(20(26)31-21(2,3)4)11-5-6-12-24(15)32(29,30)18-8-7-16-13-22-10-9-17(16)19(18)25(27)28/h7-10,13,15H,5-6,11-12,14H2,1-4H3. The van der Waals surface area contributed by atoms with E-state index >= 15 is 0 Å². The maximum absolute atomic E-state index is 13.6. The number of nitrogens with zero attached hydrogens (tertiary/aromatic N) is 4. The minimum atomic E-state index is -4.21. The van der Waals surface area contributed by atoms with Gasteiger partial charge in [-0.2, -0.15) is 4.31 Å². The van der Waals surface area contributed by atoms with Gasteiger partial charge in [-0.05, 0) is 52.7 Å². The largest absolute Gasteiger partial charge is 0.444 e. The summed E-state index contributed by atoms with van der Waals surface area (Å²) in [5, 5.41) is 12.6. The van der Waals surface area contributed by atoms with Gasteiger partial charge in [-0.3, -0.25) is 15.1 Å². The van der Waals surface area contributed by atoms with Crippen LogP contribution in [0.25, 0.3) is 10.8 Å². The van der Waals surface area contributed by atoms with E-state index in [1.165, 1.54) is 39.8 Å². The number of pyridine rings is 1. The summed E-state index contributed by atoms with van der Waals surface area (Å²) in [4.78, 5) is 28.9. The van der Waals surface area contributed by atoms with E-state index in [1.54, 1.807) is 27.7 Å². The monoisotopic (exact) mass is 464 g/mol. The summed E-state index contributed by atoms with van der Waals surface area (Å²) < 4.78 is 33.9. The number of sulfonamides is 1. The summed E-state index contributed by atoms with van der Waals surface area (Å²) >= 11 is 0. The van der Waals surface area contributed by atoms with Crippen molar-refractivity contribution in [2.24, 2.45) is 0 Å². The lowest BCUT2D eigenvalue weighted by molar-refractivity contribution is -0.386. The van der Waals surface area contributed by atoms with Gasteiger partial charge in [-0.25, -0.2) is 13.2 Å². The molecule has 32 heavy (non-hydrogen) atoms. The summed E-state index contributed by atoms with van der Waals surface area (Å²) in [6.07, 6.45) is 3.43. The van der Waals surface area contributed by atoms with Crippen LogP contribution in [-0.2, 0) is 14.8 Å². The topological polar surface area (TPSA) is 123 Å². The predicted octanol–water partition coefficient (Wildman–Crippen LogP) is 3.55. The molecule has 0 spiro atoms. The maximum Gasteiger partial charge on any atom is 0.410 e. The summed E-state index contributed by atoms with van der Waals surface area (Å²) in [5.74, 6) is 0. The molecule has 3 rings (SSSR count). The van der Waals surface area contributed by atoms with Crippen molar-refractivity contribution < 1.29 is 22.9 Å². The Morgan fingerprint density at radius 2 is 1.91 bits per heavy atom. The van der Waals surface area contributed by atoms with Gasteiger partial charge in [-0.1, -0.05) is 6.07 Å². The molecule has 1 unspecified atom stereocenters. The second-order valence-corrected chi connectivity index (χ2v) is 10.7. The molecule has 174 valence electrons. The van der Waals surface area contributed by atoms with Gasteiger partial charge in [0.05, 0.1) is 10.3 Å². The molecule has 1 fully saturated rings. The number of rotatable bonds is 3. The zero-order chi connectivity index (χ0) is 23.7. The van der Waals surface area contributed by atoms with Crippen LogP contribution in [0.1, 0.15) is 40.5 Å². The third kappa shape index (κ3) is 4.99. The molecular formula is C21H28N4O6S. The van der Waals surface area contributed by atoms with E-state index in [0.29, 0.717) is 24.8 Å². The van der Waals surface area contributed by atoms with Gasteiger partial charge in [0.25, 0.3) is 5.69 Å². The van der Waals surface area contributed by atoms with Crippen molar-refractivity contribution in [1.82, 2.24) is 14.2 Å². The molecule has 1 amide bonds. The summed E-state index contributed by atoms with van der Waals surface area (Å²) in [6.45, 7) is 7.78. The van der Waals surface area contributed by atoms with Gasteiger partial charge in [0.1, 0.15) is 5.60 Å². The minimum Gasteiger partial charge on any atom is -0.444 e. The van der Waals surface area contributed by atoms with Crippen LogP contribution in [0.15, 0.2) is 35.5 Å². The number of hydrogen-bond acceptors (Lipinski definition) is 7. The number of amides is 1. The summed E-state index contributed by atoms with van der Waals surface area (Å²) in [6, 6.07) is 3.62. The van der Waals surface area contributed by atoms with Gasteiger partial charge in [0.2, 0.25) is 10.0 Å². The lowest BCUT2D eigenvalue weighted by Gasteiger charge is -2.36. The number of benzene rings is 1. The Morgan fingerprint density at radius 3 is 2.56 bits per heavy atom. The number of hydrogen-bond donors (Lipinski definition) is 0. The molecule has 0 saturated carbocycles. The fourth-order valence-corrected chi connectivity index (χ4v) is 5.63. The van der Waals surface area contributed by atoms with E-state index in [2.05, 4.69) is 4.98 Å². The van der Waals surface area contributed by atoms with Crippen LogP contribution in [-0.4, -0.2) is 64.9 Å². The highest BCUT2D eigenvalue weighted by molar-refractivity contribution is 7.89. The van der Waals surface area contributed by atoms with E-state index in [1.807, 2.05) is 0 Å². The number of nitro groups is 1. The summed E-state index contributed by atoms with van der Waals surface area (Å²) in [5.41, 5.74) is -1.14. The fourth-order valence-electron chi connectivity index (χ4n) is 3.80. The third-order valence-electron chi connectivity index (χ3n) is 5.21. The highest BCUT2D eigenvalue weighted by atomic mass is 32.2. The zero-order valence-electron chi connectivity index (χ0n) is 18.6.